The first-order chi connectivity index (χ1) is 21.2. The quantitative estimate of drug-likeness (QED) is 0.219. The number of piperazine rings is 1. The highest BCUT2D eigenvalue weighted by Crippen LogP contribution is 2.33. The predicted molar refractivity (Wildman–Crippen MR) is 171 cm³/mol. The topological polar surface area (TPSA) is 127 Å². The van der Waals surface area contributed by atoms with Crippen LogP contribution in [0.3, 0.4) is 0 Å². The van der Waals surface area contributed by atoms with E-state index in [0.717, 1.165) is 11.5 Å². The van der Waals surface area contributed by atoms with Crippen molar-refractivity contribution < 1.29 is 14.3 Å². The van der Waals surface area contributed by atoms with Crippen LogP contribution in [0.15, 0.2) is 53.6 Å². The third-order valence-electron chi connectivity index (χ3n) is 7.52. The number of carbonyl (C=O) groups is 1. The Morgan fingerprint density at radius 3 is 2.45 bits per heavy atom. The van der Waals surface area contributed by atoms with Crippen molar-refractivity contribution in [3.05, 3.63) is 59.3 Å². The van der Waals surface area contributed by atoms with Gasteiger partial charge in [-0.1, -0.05) is 24.8 Å². The normalized spacial score (nSPS) is 17.6. The first-order valence-electron chi connectivity index (χ1n) is 14.7. The predicted octanol–water partition coefficient (Wildman–Crippen LogP) is 3.19. The number of aliphatic hydroxyl groups excluding tert-OH is 1. The number of anilines is 1. The van der Waals surface area contributed by atoms with Gasteiger partial charge >= 0.3 is 6.03 Å². The second kappa shape index (κ2) is 14.9. The summed E-state index contributed by atoms with van der Waals surface area (Å²) in [5.74, 6) is 1.09. The largest absolute Gasteiger partial charge is 0.391 e. The maximum absolute atomic E-state index is 13.5. The van der Waals surface area contributed by atoms with Gasteiger partial charge in [-0.05, 0) is 44.0 Å². The Kier molecular flexibility index (Phi) is 11.0. The molecule has 236 valence electrons. The Labute approximate surface area is 262 Å². The van der Waals surface area contributed by atoms with E-state index in [0.29, 0.717) is 85.9 Å². The molecule has 2 aromatic rings. The Morgan fingerprint density at radius 2 is 1.89 bits per heavy atom. The van der Waals surface area contributed by atoms with Crippen molar-refractivity contribution in [3.8, 4) is 17.3 Å². The molecule has 1 aromatic carbocycles. The molecule has 12 nitrogen and oxygen atoms in total. The van der Waals surface area contributed by atoms with Gasteiger partial charge in [-0.2, -0.15) is 5.26 Å². The standard InChI is InChI=1S/C30H41FN10O2S/c1-6-24(27(33-7-2)37(4)29-35-26(25(19-32)44-29)21-9-11-22(31)12-10-21)36-38(5)28(34-8-3)39-15-17-40(18-16-39)30(43)41-14-13-23(42)20-41/h8-12,23,33,36,42H,3,6-7,13-18,20H2,1-2,4-5H3/b27-24+,34-28?/t23-/m0/s1. The van der Waals surface area contributed by atoms with E-state index < -0.39 is 6.10 Å². The lowest BCUT2D eigenvalue weighted by atomic mass is 10.1. The highest BCUT2D eigenvalue weighted by atomic mass is 32.1. The van der Waals surface area contributed by atoms with E-state index in [2.05, 4.69) is 33.3 Å². The number of urea groups is 1. The first kappa shape index (κ1) is 32.6. The molecular weight excluding hydrogens is 583 g/mol. The molecule has 0 bridgehead atoms. The molecule has 3 heterocycles. The number of aliphatic hydroxyl groups is 1. The molecule has 1 atom stereocenters. The van der Waals surface area contributed by atoms with Crippen LogP contribution in [0.2, 0.25) is 0 Å². The SMILES string of the molecule is C=CN=C(N1CCN(C(=O)N2CC[C@H](O)C2)CC1)N(C)N/C(CC)=C(\NCC)N(C)c1nc(-c2ccc(F)cc2)c(C#N)s1. The lowest BCUT2D eigenvalue weighted by Crippen LogP contribution is -2.57. The van der Waals surface area contributed by atoms with Gasteiger partial charge in [0.15, 0.2) is 5.13 Å². The van der Waals surface area contributed by atoms with Gasteiger partial charge in [0.2, 0.25) is 5.96 Å². The van der Waals surface area contributed by atoms with Gasteiger partial charge in [-0.15, -0.1) is 0 Å². The Hall–Kier alpha value is -4.35. The molecule has 0 spiro atoms. The number of nitriles is 1. The number of aromatic nitrogens is 1. The van der Waals surface area contributed by atoms with E-state index in [1.807, 2.05) is 42.8 Å². The third-order valence-corrected chi connectivity index (χ3v) is 8.55. The fraction of sp³-hybridized carbons (Fsp3) is 0.467. The Balaban J connectivity index is 1.51. The summed E-state index contributed by atoms with van der Waals surface area (Å²) < 4.78 is 13.5. The van der Waals surface area contributed by atoms with Crippen LogP contribution in [0.25, 0.3) is 11.3 Å². The molecule has 44 heavy (non-hydrogen) atoms. The number of halogens is 1. The van der Waals surface area contributed by atoms with Crippen LogP contribution >= 0.6 is 11.3 Å². The number of guanidine groups is 1. The van der Waals surface area contributed by atoms with E-state index in [4.69, 9.17) is 4.98 Å². The van der Waals surface area contributed by atoms with Gasteiger partial charge in [0.05, 0.1) is 11.8 Å². The summed E-state index contributed by atoms with van der Waals surface area (Å²) >= 11 is 1.27. The summed E-state index contributed by atoms with van der Waals surface area (Å²) in [6.45, 7) is 11.7. The number of hydrazine groups is 1. The minimum Gasteiger partial charge on any atom is -0.391 e. The number of likely N-dealkylation sites (tertiary alicyclic amines) is 1. The molecule has 0 radical (unpaired) electrons. The second-order valence-corrected chi connectivity index (χ2v) is 11.5. The molecule has 2 saturated heterocycles. The van der Waals surface area contributed by atoms with Gasteiger partial charge in [0.25, 0.3) is 0 Å². The summed E-state index contributed by atoms with van der Waals surface area (Å²) in [6, 6.07) is 8.16. The fourth-order valence-corrected chi connectivity index (χ4v) is 6.10. The maximum atomic E-state index is 13.5. The van der Waals surface area contributed by atoms with Gasteiger partial charge in [-0.3, -0.25) is 10.4 Å². The number of β-amino-alcohol motifs (C(OH)–C–C–N with tert-alkyl or cyclic N) is 1. The van der Waals surface area contributed by atoms with Crippen molar-refractivity contribution in [1.82, 2.24) is 35.4 Å². The highest BCUT2D eigenvalue weighted by molar-refractivity contribution is 7.16. The maximum Gasteiger partial charge on any atom is 0.320 e. The Morgan fingerprint density at radius 1 is 1.20 bits per heavy atom. The average Bonchev–Trinajstić information content (AvgIpc) is 3.68. The van der Waals surface area contributed by atoms with Crippen molar-refractivity contribution in [2.45, 2.75) is 32.8 Å². The average molecular weight is 625 g/mol. The summed E-state index contributed by atoms with van der Waals surface area (Å²) in [5.41, 5.74) is 5.54. The fourth-order valence-electron chi connectivity index (χ4n) is 5.25. The number of amides is 2. The molecule has 14 heteroatoms. The molecule has 0 aliphatic carbocycles. The van der Waals surface area contributed by atoms with E-state index in [9.17, 15) is 19.6 Å². The highest BCUT2D eigenvalue weighted by Gasteiger charge is 2.31. The molecule has 0 unspecified atom stereocenters. The molecule has 2 aliphatic heterocycles. The van der Waals surface area contributed by atoms with Crippen molar-refractivity contribution in [2.75, 3.05) is 64.8 Å². The summed E-state index contributed by atoms with van der Waals surface area (Å²) in [6.07, 6.45) is 2.31. The smallest absolute Gasteiger partial charge is 0.320 e. The van der Waals surface area contributed by atoms with Gasteiger partial charge < -0.3 is 30.0 Å². The van der Waals surface area contributed by atoms with Crippen LogP contribution in [0.4, 0.5) is 14.3 Å². The molecule has 0 saturated carbocycles. The van der Waals surface area contributed by atoms with Crippen LogP contribution in [0.5, 0.6) is 0 Å². The molecule has 4 rings (SSSR count). The van der Waals surface area contributed by atoms with Crippen LogP contribution < -0.4 is 15.6 Å². The lowest BCUT2D eigenvalue weighted by Gasteiger charge is -2.40. The zero-order valence-electron chi connectivity index (χ0n) is 25.8. The van der Waals surface area contributed by atoms with E-state index >= 15 is 0 Å². The first-order valence-corrected chi connectivity index (χ1v) is 15.6. The molecular formula is C30H41FN10O2S. The number of hydrogen-bond acceptors (Lipinski definition) is 9. The number of nitrogens with zero attached hydrogens (tertiary/aromatic N) is 8. The number of aliphatic imine (C=N–C) groups is 1. The van der Waals surface area contributed by atoms with Crippen LogP contribution in [0, 0.1) is 17.1 Å². The van der Waals surface area contributed by atoms with Crippen LogP contribution in [0.1, 0.15) is 31.6 Å². The molecule has 2 amide bonds. The number of nitrogens with one attached hydrogen (secondary N) is 2. The van der Waals surface area contributed by atoms with Gasteiger partial charge in [0, 0.05) is 71.7 Å². The number of allylic oxidation sites excluding steroid dienone is 1. The summed E-state index contributed by atoms with van der Waals surface area (Å²) in [7, 11) is 3.77. The number of rotatable bonds is 9. The zero-order chi connectivity index (χ0) is 31.8. The molecule has 2 aliphatic rings. The Bertz CT molecular complexity index is 1410. The minimum atomic E-state index is -0.445. The monoisotopic (exact) mass is 624 g/mol. The third kappa shape index (κ3) is 7.40. The van der Waals surface area contributed by atoms with Crippen molar-refractivity contribution in [1.29, 1.82) is 5.26 Å². The van der Waals surface area contributed by atoms with E-state index in [-0.39, 0.29) is 11.8 Å². The summed E-state index contributed by atoms with van der Waals surface area (Å²) in [5, 5.41) is 25.5. The zero-order valence-corrected chi connectivity index (χ0v) is 26.6. The van der Waals surface area contributed by atoms with Crippen molar-refractivity contribution in [3.63, 3.8) is 0 Å². The van der Waals surface area contributed by atoms with E-state index in [1.54, 1.807) is 17.0 Å². The lowest BCUT2D eigenvalue weighted by molar-refractivity contribution is 0.126. The van der Waals surface area contributed by atoms with Crippen molar-refractivity contribution in [2.24, 2.45) is 4.99 Å². The second-order valence-electron chi connectivity index (χ2n) is 10.5. The molecule has 1 aromatic heterocycles. The van der Waals surface area contributed by atoms with Gasteiger partial charge in [-0.25, -0.2) is 19.2 Å². The van der Waals surface area contributed by atoms with Crippen LogP contribution in [-0.4, -0.2) is 108 Å². The van der Waals surface area contributed by atoms with Crippen molar-refractivity contribution >= 4 is 28.5 Å². The molecule has 3 N–H and O–H groups in total. The van der Waals surface area contributed by atoms with Crippen LogP contribution in [-0.2, 0) is 0 Å². The number of thiazole rings is 1. The number of hydrogen-bond donors (Lipinski definition) is 3. The summed E-state index contributed by atoms with van der Waals surface area (Å²) in [4.78, 5) is 30.2. The molecule has 2 fully saturated rings. The van der Waals surface area contributed by atoms with E-state index in [1.165, 1.54) is 29.7 Å². The number of benzene rings is 1. The van der Waals surface area contributed by atoms with Gasteiger partial charge in [0.1, 0.15) is 28.3 Å². The number of carbonyl (C=O) groups excluding carboxylic acids is 1. The minimum absolute atomic E-state index is 0.0336.